The quantitative estimate of drug-likeness (QED) is 0.567. The van der Waals surface area contributed by atoms with Gasteiger partial charge in [0.2, 0.25) is 0 Å². The minimum atomic E-state index is -0.386. The van der Waals surface area contributed by atoms with Gasteiger partial charge < -0.3 is 10.3 Å². The Balaban J connectivity index is 1.76. The standard InChI is InChI=1S/C15H14N4O2/c1-10-17-14-6-5-12(8-15(14)18-10)16-9-11-3-2-4-13(7-11)19(20)21/h2-8,16H,9H2,1H3,(H,17,18). The fourth-order valence-electron chi connectivity index (χ4n) is 2.23. The maximum Gasteiger partial charge on any atom is 0.269 e. The van der Waals surface area contributed by atoms with Crippen LogP contribution in [0.5, 0.6) is 0 Å². The summed E-state index contributed by atoms with van der Waals surface area (Å²) in [6, 6.07) is 12.5. The van der Waals surface area contributed by atoms with Crippen LogP contribution in [0, 0.1) is 17.0 Å². The Kier molecular flexibility index (Phi) is 3.27. The Bertz CT molecular complexity index is 810. The number of nitro benzene ring substituents is 1. The zero-order valence-corrected chi connectivity index (χ0v) is 11.5. The van der Waals surface area contributed by atoms with Crippen LogP contribution in [0.3, 0.4) is 0 Å². The summed E-state index contributed by atoms with van der Waals surface area (Å²) in [5.74, 6) is 0.876. The summed E-state index contributed by atoms with van der Waals surface area (Å²) in [7, 11) is 0. The van der Waals surface area contributed by atoms with Crippen LogP contribution in [0.15, 0.2) is 42.5 Å². The van der Waals surface area contributed by atoms with Crippen molar-refractivity contribution in [1.82, 2.24) is 9.97 Å². The summed E-state index contributed by atoms with van der Waals surface area (Å²) in [5.41, 5.74) is 3.81. The Morgan fingerprint density at radius 2 is 2.14 bits per heavy atom. The maximum absolute atomic E-state index is 10.8. The number of aromatic amines is 1. The highest BCUT2D eigenvalue weighted by Gasteiger charge is 2.06. The van der Waals surface area contributed by atoms with Crippen LogP contribution in [-0.2, 0) is 6.54 Å². The molecule has 0 radical (unpaired) electrons. The van der Waals surface area contributed by atoms with Gasteiger partial charge in [-0.2, -0.15) is 0 Å². The Morgan fingerprint density at radius 1 is 1.29 bits per heavy atom. The summed E-state index contributed by atoms with van der Waals surface area (Å²) < 4.78 is 0. The zero-order chi connectivity index (χ0) is 14.8. The number of nitrogens with one attached hydrogen (secondary N) is 2. The molecule has 0 amide bonds. The van der Waals surface area contributed by atoms with E-state index in [1.165, 1.54) is 6.07 Å². The lowest BCUT2D eigenvalue weighted by molar-refractivity contribution is -0.384. The van der Waals surface area contributed by atoms with Crippen molar-refractivity contribution in [2.24, 2.45) is 0 Å². The van der Waals surface area contributed by atoms with Gasteiger partial charge in [0.15, 0.2) is 0 Å². The van der Waals surface area contributed by atoms with Gasteiger partial charge >= 0.3 is 0 Å². The molecule has 2 aromatic carbocycles. The predicted octanol–water partition coefficient (Wildman–Crippen LogP) is 3.39. The largest absolute Gasteiger partial charge is 0.381 e. The molecule has 0 spiro atoms. The molecule has 1 heterocycles. The number of hydrogen-bond acceptors (Lipinski definition) is 4. The molecule has 6 heteroatoms. The number of H-pyrrole nitrogens is 1. The summed E-state index contributed by atoms with van der Waals surface area (Å²) in [4.78, 5) is 17.9. The van der Waals surface area contributed by atoms with Crippen LogP contribution in [-0.4, -0.2) is 14.9 Å². The van der Waals surface area contributed by atoms with Gasteiger partial charge in [-0.25, -0.2) is 4.98 Å². The molecule has 0 aliphatic rings. The van der Waals surface area contributed by atoms with Gasteiger partial charge in [0.05, 0.1) is 16.0 Å². The highest BCUT2D eigenvalue weighted by Crippen LogP contribution is 2.19. The van der Waals surface area contributed by atoms with E-state index in [1.807, 2.05) is 31.2 Å². The van der Waals surface area contributed by atoms with Crippen LogP contribution in [0.4, 0.5) is 11.4 Å². The smallest absolute Gasteiger partial charge is 0.269 e. The molecular formula is C15H14N4O2. The average Bonchev–Trinajstić information content (AvgIpc) is 2.84. The highest BCUT2D eigenvalue weighted by molar-refractivity contribution is 5.79. The van der Waals surface area contributed by atoms with Crippen molar-refractivity contribution in [2.75, 3.05) is 5.32 Å². The molecule has 0 fully saturated rings. The predicted molar refractivity (Wildman–Crippen MR) is 81.3 cm³/mol. The second-order valence-electron chi connectivity index (χ2n) is 4.83. The second-order valence-corrected chi connectivity index (χ2v) is 4.83. The number of imidazole rings is 1. The lowest BCUT2D eigenvalue weighted by Gasteiger charge is -2.06. The number of non-ortho nitro benzene ring substituents is 1. The summed E-state index contributed by atoms with van der Waals surface area (Å²) in [6.07, 6.45) is 0. The van der Waals surface area contributed by atoms with Crippen LogP contribution < -0.4 is 5.32 Å². The highest BCUT2D eigenvalue weighted by atomic mass is 16.6. The van der Waals surface area contributed by atoms with Crippen molar-refractivity contribution in [3.8, 4) is 0 Å². The van der Waals surface area contributed by atoms with Gasteiger partial charge in [-0.1, -0.05) is 12.1 Å². The van der Waals surface area contributed by atoms with E-state index in [-0.39, 0.29) is 10.6 Å². The number of fused-ring (bicyclic) bond motifs is 1. The van der Waals surface area contributed by atoms with Crippen molar-refractivity contribution >= 4 is 22.4 Å². The van der Waals surface area contributed by atoms with Gasteiger partial charge in [0.25, 0.3) is 5.69 Å². The molecule has 2 N–H and O–H groups in total. The van der Waals surface area contributed by atoms with Crippen molar-refractivity contribution in [3.05, 3.63) is 64.0 Å². The molecule has 0 saturated heterocycles. The van der Waals surface area contributed by atoms with E-state index in [0.29, 0.717) is 6.54 Å². The van der Waals surface area contributed by atoms with Crippen LogP contribution in [0.25, 0.3) is 11.0 Å². The van der Waals surface area contributed by atoms with E-state index in [2.05, 4.69) is 15.3 Å². The molecule has 106 valence electrons. The van der Waals surface area contributed by atoms with Crippen LogP contribution in [0.1, 0.15) is 11.4 Å². The van der Waals surface area contributed by atoms with E-state index in [4.69, 9.17) is 0 Å². The van der Waals surface area contributed by atoms with Gasteiger partial charge in [0.1, 0.15) is 5.82 Å². The lowest BCUT2D eigenvalue weighted by atomic mass is 10.2. The molecular weight excluding hydrogens is 268 g/mol. The summed E-state index contributed by atoms with van der Waals surface area (Å²) in [6.45, 7) is 2.44. The fourth-order valence-corrected chi connectivity index (χ4v) is 2.23. The van der Waals surface area contributed by atoms with E-state index in [0.717, 1.165) is 28.1 Å². The minimum Gasteiger partial charge on any atom is -0.381 e. The normalized spacial score (nSPS) is 10.7. The number of aromatic nitrogens is 2. The third-order valence-electron chi connectivity index (χ3n) is 3.22. The Labute approximate surface area is 121 Å². The van der Waals surface area contributed by atoms with Crippen LogP contribution in [0.2, 0.25) is 0 Å². The summed E-state index contributed by atoms with van der Waals surface area (Å²) in [5, 5.41) is 14.0. The molecule has 3 aromatic rings. The Morgan fingerprint density at radius 3 is 2.95 bits per heavy atom. The monoisotopic (exact) mass is 282 g/mol. The van der Waals surface area contributed by atoms with Crippen molar-refractivity contribution in [3.63, 3.8) is 0 Å². The first-order chi connectivity index (χ1) is 10.1. The molecule has 0 saturated carbocycles. The number of hydrogen-bond donors (Lipinski definition) is 2. The van der Waals surface area contributed by atoms with Gasteiger partial charge in [-0.3, -0.25) is 10.1 Å². The topological polar surface area (TPSA) is 83.8 Å². The number of benzene rings is 2. The Hall–Kier alpha value is -2.89. The van der Waals surface area contributed by atoms with Gasteiger partial charge in [-0.15, -0.1) is 0 Å². The molecule has 0 aliphatic heterocycles. The minimum absolute atomic E-state index is 0.106. The fraction of sp³-hybridized carbons (Fsp3) is 0.133. The van der Waals surface area contributed by atoms with E-state index < -0.39 is 0 Å². The van der Waals surface area contributed by atoms with E-state index >= 15 is 0 Å². The number of aryl methyl sites for hydroxylation is 1. The molecule has 6 nitrogen and oxygen atoms in total. The third kappa shape index (κ3) is 2.84. The third-order valence-corrected chi connectivity index (χ3v) is 3.22. The number of nitro groups is 1. The molecule has 21 heavy (non-hydrogen) atoms. The first-order valence-corrected chi connectivity index (χ1v) is 6.55. The molecule has 0 bridgehead atoms. The zero-order valence-electron chi connectivity index (χ0n) is 11.5. The number of nitrogens with zero attached hydrogens (tertiary/aromatic N) is 2. The molecule has 1 aromatic heterocycles. The van der Waals surface area contributed by atoms with Crippen LogP contribution >= 0.6 is 0 Å². The van der Waals surface area contributed by atoms with Crippen molar-refractivity contribution in [2.45, 2.75) is 13.5 Å². The molecule has 0 aliphatic carbocycles. The lowest BCUT2D eigenvalue weighted by Crippen LogP contribution is -2.00. The van der Waals surface area contributed by atoms with Gasteiger partial charge in [0, 0.05) is 24.4 Å². The first kappa shape index (κ1) is 13.1. The van der Waals surface area contributed by atoms with E-state index in [1.54, 1.807) is 12.1 Å². The van der Waals surface area contributed by atoms with Gasteiger partial charge in [-0.05, 0) is 30.7 Å². The average molecular weight is 282 g/mol. The molecule has 0 unspecified atom stereocenters. The number of anilines is 1. The van der Waals surface area contributed by atoms with Crippen molar-refractivity contribution in [1.29, 1.82) is 0 Å². The van der Waals surface area contributed by atoms with E-state index in [9.17, 15) is 10.1 Å². The molecule has 3 rings (SSSR count). The molecule has 0 atom stereocenters. The summed E-state index contributed by atoms with van der Waals surface area (Å²) >= 11 is 0. The van der Waals surface area contributed by atoms with Crippen molar-refractivity contribution < 1.29 is 4.92 Å². The maximum atomic E-state index is 10.8. The first-order valence-electron chi connectivity index (χ1n) is 6.55. The SMILES string of the molecule is Cc1nc2ccc(NCc3cccc([N+](=O)[O-])c3)cc2[nH]1. The second kappa shape index (κ2) is 5.24. The number of rotatable bonds is 4.